The molecule has 15 heavy (non-hydrogen) atoms. The quantitative estimate of drug-likeness (QED) is 0.677. The zero-order valence-electron chi connectivity index (χ0n) is 9.67. The van der Waals surface area contributed by atoms with Gasteiger partial charge >= 0.3 is 0 Å². The second-order valence-electron chi connectivity index (χ2n) is 4.49. The Hall–Kier alpha value is -0.220. The van der Waals surface area contributed by atoms with Crippen LogP contribution in [0.2, 0.25) is 0 Å². The van der Waals surface area contributed by atoms with Gasteiger partial charge in [0.1, 0.15) is 0 Å². The summed E-state index contributed by atoms with van der Waals surface area (Å²) >= 11 is 1.72. The van der Waals surface area contributed by atoms with E-state index in [9.17, 15) is 4.79 Å². The van der Waals surface area contributed by atoms with Crippen molar-refractivity contribution >= 4 is 17.7 Å². The predicted molar refractivity (Wildman–Crippen MR) is 64.2 cm³/mol. The van der Waals surface area contributed by atoms with Gasteiger partial charge in [-0.05, 0) is 12.2 Å². The van der Waals surface area contributed by atoms with Crippen LogP contribution >= 0.6 is 11.8 Å². The number of ether oxygens (including phenoxy) is 1. The van der Waals surface area contributed by atoms with Crippen LogP contribution in [-0.2, 0) is 9.53 Å². The number of unbranched alkanes of at least 4 members (excludes halogenated alkanes) is 1. The van der Waals surface area contributed by atoms with Crippen LogP contribution in [0.25, 0.3) is 0 Å². The highest BCUT2D eigenvalue weighted by atomic mass is 32.2. The minimum Gasteiger partial charge on any atom is -0.380 e. The third-order valence-corrected chi connectivity index (χ3v) is 3.53. The van der Waals surface area contributed by atoms with Gasteiger partial charge in [0.15, 0.2) is 0 Å². The normalized spacial score (nSPS) is 18.3. The molecule has 1 fully saturated rings. The van der Waals surface area contributed by atoms with Gasteiger partial charge in [-0.2, -0.15) is 11.8 Å². The van der Waals surface area contributed by atoms with E-state index in [2.05, 4.69) is 19.2 Å². The van der Waals surface area contributed by atoms with E-state index in [1.807, 2.05) is 0 Å². The maximum atomic E-state index is 11.4. The fourth-order valence-corrected chi connectivity index (χ4v) is 2.25. The van der Waals surface area contributed by atoms with E-state index >= 15 is 0 Å². The molecule has 0 unspecified atom stereocenters. The molecule has 1 aliphatic heterocycles. The number of carbonyl (C=O) groups is 1. The van der Waals surface area contributed by atoms with Crippen molar-refractivity contribution in [2.75, 3.05) is 31.3 Å². The Morgan fingerprint density at radius 1 is 1.53 bits per heavy atom. The molecule has 3 nitrogen and oxygen atoms in total. The Bertz CT molecular complexity index is 205. The molecule has 0 aromatic heterocycles. The molecule has 0 aromatic rings. The highest BCUT2D eigenvalue weighted by Crippen LogP contribution is 2.24. The van der Waals surface area contributed by atoms with Gasteiger partial charge in [-0.3, -0.25) is 4.79 Å². The SMILES string of the molecule is CCCCSCC(=O)NCC1(C)COC1. The molecule has 0 bridgehead atoms. The Labute approximate surface area is 96.3 Å². The van der Waals surface area contributed by atoms with E-state index in [4.69, 9.17) is 4.74 Å². The summed E-state index contributed by atoms with van der Waals surface area (Å²) in [4.78, 5) is 11.4. The molecule has 1 saturated heterocycles. The zero-order valence-corrected chi connectivity index (χ0v) is 10.5. The molecule has 0 radical (unpaired) electrons. The number of nitrogens with one attached hydrogen (secondary N) is 1. The molecule has 4 heteroatoms. The van der Waals surface area contributed by atoms with Crippen LogP contribution in [0.4, 0.5) is 0 Å². The van der Waals surface area contributed by atoms with Crippen LogP contribution in [-0.4, -0.2) is 37.2 Å². The predicted octanol–water partition coefficient (Wildman–Crippen LogP) is 1.67. The van der Waals surface area contributed by atoms with Gasteiger partial charge in [-0.15, -0.1) is 0 Å². The van der Waals surface area contributed by atoms with E-state index in [0.29, 0.717) is 5.75 Å². The van der Waals surface area contributed by atoms with E-state index in [-0.39, 0.29) is 11.3 Å². The van der Waals surface area contributed by atoms with Crippen LogP contribution in [0.3, 0.4) is 0 Å². The summed E-state index contributed by atoms with van der Waals surface area (Å²) in [5.41, 5.74) is 0.184. The molecular weight excluding hydrogens is 210 g/mol. The molecule has 1 heterocycles. The third-order valence-electron chi connectivity index (χ3n) is 2.49. The summed E-state index contributed by atoms with van der Waals surface area (Å²) < 4.78 is 5.13. The van der Waals surface area contributed by atoms with Crippen molar-refractivity contribution in [3.63, 3.8) is 0 Å². The molecular formula is C11H21NO2S. The minimum atomic E-state index is 0.157. The summed E-state index contributed by atoms with van der Waals surface area (Å²) in [7, 11) is 0. The van der Waals surface area contributed by atoms with Crippen molar-refractivity contribution < 1.29 is 9.53 Å². The summed E-state index contributed by atoms with van der Waals surface area (Å²) in [5, 5.41) is 2.96. The van der Waals surface area contributed by atoms with Gasteiger partial charge in [0.2, 0.25) is 5.91 Å². The van der Waals surface area contributed by atoms with Crippen LogP contribution in [0.1, 0.15) is 26.7 Å². The number of hydrogen-bond acceptors (Lipinski definition) is 3. The number of thioether (sulfide) groups is 1. The summed E-state index contributed by atoms with van der Waals surface area (Å²) in [6, 6.07) is 0. The number of amides is 1. The molecule has 1 aliphatic rings. The molecule has 1 rings (SSSR count). The summed E-state index contributed by atoms with van der Waals surface area (Å²) in [6.07, 6.45) is 2.40. The van der Waals surface area contributed by atoms with Crippen molar-refractivity contribution in [2.45, 2.75) is 26.7 Å². The third kappa shape index (κ3) is 4.89. The van der Waals surface area contributed by atoms with Crippen molar-refractivity contribution in [3.8, 4) is 0 Å². The maximum absolute atomic E-state index is 11.4. The standard InChI is InChI=1S/C11H21NO2S/c1-3-4-5-15-6-10(13)12-7-11(2)8-14-9-11/h3-9H2,1-2H3,(H,12,13). The molecule has 0 aliphatic carbocycles. The second-order valence-corrected chi connectivity index (χ2v) is 5.59. The lowest BCUT2D eigenvalue weighted by Gasteiger charge is -2.38. The molecule has 1 amide bonds. The van der Waals surface area contributed by atoms with Gasteiger partial charge in [0.25, 0.3) is 0 Å². The monoisotopic (exact) mass is 231 g/mol. The van der Waals surface area contributed by atoms with Crippen molar-refractivity contribution in [3.05, 3.63) is 0 Å². The van der Waals surface area contributed by atoms with E-state index in [1.54, 1.807) is 11.8 Å². The Morgan fingerprint density at radius 3 is 2.80 bits per heavy atom. The number of carbonyl (C=O) groups excluding carboxylic acids is 1. The average Bonchev–Trinajstić information content (AvgIpc) is 2.19. The largest absolute Gasteiger partial charge is 0.380 e. The molecule has 0 spiro atoms. The van der Waals surface area contributed by atoms with Gasteiger partial charge in [0.05, 0.1) is 19.0 Å². The van der Waals surface area contributed by atoms with Gasteiger partial charge in [-0.25, -0.2) is 0 Å². The summed E-state index contributed by atoms with van der Waals surface area (Å²) in [6.45, 7) is 6.60. The highest BCUT2D eigenvalue weighted by Gasteiger charge is 2.33. The topological polar surface area (TPSA) is 38.3 Å². The van der Waals surface area contributed by atoms with Crippen LogP contribution in [0.5, 0.6) is 0 Å². The minimum absolute atomic E-state index is 0.157. The average molecular weight is 231 g/mol. The lowest BCUT2D eigenvalue weighted by Crippen LogP contribution is -2.48. The van der Waals surface area contributed by atoms with E-state index in [0.717, 1.165) is 25.5 Å². The zero-order chi connectivity index (χ0) is 11.1. The van der Waals surface area contributed by atoms with Gasteiger partial charge < -0.3 is 10.1 Å². The first kappa shape index (κ1) is 12.8. The van der Waals surface area contributed by atoms with Crippen LogP contribution in [0.15, 0.2) is 0 Å². The second kappa shape index (κ2) is 6.38. The highest BCUT2D eigenvalue weighted by molar-refractivity contribution is 7.99. The summed E-state index contributed by atoms with van der Waals surface area (Å²) in [5.74, 6) is 1.84. The molecule has 0 atom stereocenters. The van der Waals surface area contributed by atoms with E-state index < -0.39 is 0 Å². The number of rotatable bonds is 7. The Balaban J connectivity index is 1.98. The Kier molecular flexibility index (Phi) is 5.47. The van der Waals surface area contributed by atoms with E-state index in [1.165, 1.54) is 12.8 Å². The molecule has 1 N–H and O–H groups in total. The van der Waals surface area contributed by atoms with Crippen molar-refractivity contribution in [1.29, 1.82) is 0 Å². The first-order chi connectivity index (χ1) is 7.16. The lowest BCUT2D eigenvalue weighted by atomic mass is 9.89. The first-order valence-electron chi connectivity index (χ1n) is 5.58. The van der Waals surface area contributed by atoms with Crippen LogP contribution in [0, 0.1) is 5.41 Å². The lowest BCUT2D eigenvalue weighted by molar-refractivity contribution is -0.124. The first-order valence-corrected chi connectivity index (χ1v) is 6.74. The number of hydrogen-bond donors (Lipinski definition) is 1. The molecule has 0 aromatic carbocycles. The van der Waals surface area contributed by atoms with Crippen molar-refractivity contribution in [1.82, 2.24) is 5.32 Å². The fraction of sp³-hybridized carbons (Fsp3) is 0.909. The maximum Gasteiger partial charge on any atom is 0.230 e. The van der Waals surface area contributed by atoms with Crippen LogP contribution < -0.4 is 5.32 Å². The molecule has 88 valence electrons. The Morgan fingerprint density at radius 2 is 2.27 bits per heavy atom. The van der Waals surface area contributed by atoms with Gasteiger partial charge in [-0.1, -0.05) is 20.3 Å². The fourth-order valence-electron chi connectivity index (χ4n) is 1.33. The van der Waals surface area contributed by atoms with Crippen molar-refractivity contribution in [2.24, 2.45) is 5.41 Å². The van der Waals surface area contributed by atoms with Gasteiger partial charge in [0, 0.05) is 12.0 Å². The smallest absolute Gasteiger partial charge is 0.230 e. The molecule has 0 saturated carbocycles.